The minimum absolute atomic E-state index is 0.235. The third-order valence-corrected chi connectivity index (χ3v) is 0.973. The van der Waals surface area contributed by atoms with Gasteiger partial charge in [0.2, 0.25) is 0 Å². The Hall–Kier alpha value is -0.650. The topological polar surface area (TPSA) is 76.0 Å². The number of aliphatic hydroxyl groups is 2. The molecule has 0 saturated heterocycles. The van der Waals surface area contributed by atoms with Gasteiger partial charge in [-0.15, -0.1) is 0 Å². The van der Waals surface area contributed by atoms with Crippen molar-refractivity contribution in [3.05, 3.63) is 0 Å². The van der Waals surface area contributed by atoms with E-state index in [1.54, 1.807) is 0 Å². The molecule has 0 atom stereocenters. The van der Waals surface area contributed by atoms with Gasteiger partial charge in [0.15, 0.2) is 6.79 Å². The molecule has 0 aliphatic rings. The van der Waals surface area contributed by atoms with E-state index < -0.39 is 12.1 Å². The maximum absolute atomic E-state index is 10.2. The summed E-state index contributed by atoms with van der Waals surface area (Å²) in [6, 6.07) is 0. The second-order valence-corrected chi connectivity index (χ2v) is 1.91. The molecule has 0 unspecified atom stereocenters. The number of esters is 1. The molecule has 0 saturated carbocycles. The molecule has 0 bridgehead atoms. The van der Waals surface area contributed by atoms with E-state index in [4.69, 9.17) is 14.9 Å². The van der Waals surface area contributed by atoms with Crippen molar-refractivity contribution in [1.29, 1.82) is 0 Å². The zero-order valence-corrected chi connectivity index (χ0v) is 6.32. The lowest BCUT2D eigenvalue weighted by molar-refractivity contribution is -0.162. The fourth-order valence-corrected chi connectivity index (χ4v) is 0.376. The summed E-state index contributed by atoms with van der Waals surface area (Å²) in [6.45, 7) is 0.424. The molecular formula is C6H12O5. The lowest BCUT2D eigenvalue weighted by Crippen LogP contribution is -2.23. The molecule has 0 aromatic carbocycles. The lowest BCUT2D eigenvalue weighted by Gasteiger charge is -2.11. The monoisotopic (exact) mass is 164 g/mol. The molecule has 0 aromatic heterocycles. The predicted molar refractivity (Wildman–Crippen MR) is 35.7 cm³/mol. The van der Waals surface area contributed by atoms with E-state index in [2.05, 4.69) is 4.74 Å². The van der Waals surface area contributed by atoms with Crippen LogP contribution >= 0.6 is 0 Å². The molecule has 0 amide bonds. The van der Waals surface area contributed by atoms with Gasteiger partial charge in [0, 0.05) is 6.92 Å². The highest BCUT2D eigenvalue weighted by molar-refractivity contribution is 5.65. The third-order valence-electron chi connectivity index (χ3n) is 0.973. The van der Waals surface area contributed by atoms with Crippen molar-refractivity contribution in [1.82, 2.24) is 0 Å². The quantitative estimate of drug-likeness (QED) is 0.397. The number of carbonyl (C=O) groups is 1. The number of ether oxygens (including phenoxy) is 2. The molecule has 5 heteroatoms. The summed E-state index contributed by atoms with van der Waals surface area (Å²) in [5, 5.41) is 16.9. The van der Waals surface area contributed by atoms with Gasteiger partial charge >= 0.3 is 5.97 Å². The van der Waals surface area contributed by atoms with Crippen molar-refractivity contribution in [2.24, 2.45) is 0 Å². The Balaban J connectivity index is 3.28. The Labute approximate surface area is 64.5 Å². The molecule has 0 aliphatic carbocycles. The Kier molecular flexibility index (Phi) is 5.73. The van der Waals surface area contributed by atoms with Gasteiger partial charge < -0.3 is 19.7 Å². The molecule has 0 aromatic rings. The first-order chi connectivity index (χ1) is 5.20. The van der Waals surface area contributed by atoms with Gasteiger partial charge in [0.05, 0.1) is 13.2 Å². The van der Waals surface area contributed by atoms with Crippen LogP contribution in [-0.2, 0) is 14.3 Å². The van der Waals surface area contributed by atoms with Gasteiger partial charge in [-0.05, 0) is 0 Å². The second-order valence-electron chi connectivity index (χ2n) is 1.91. The minimum Gasteiger partial charge on any atom is -0.439 e. The molecule has 0 aliphatic heterocycles. The summed E-state index contributed by atoms with van der Waals surface area (Å²) in [7, 11) is 0. The van der Waals surface area contributed by atoms with Crippen LogP contribution < -0.4 is 0 Å². The highest BCUT2D eigenvalue weighted by Crippen LogP contribution is 1.89. The highest BCUT2D eigenvalue weighted by atomic mass is 16.7. The second kappa shape index (κ2) is 6.09. The third kappa shape index (κ3) is 5.78. The normalized spacial score (nSPS) is 10.2. The van der Waals surface area contributed by atoms with Crippen LogP contribution in [0.4, 0.5) is 0 Å². The summed E-state index contributed by atoms with van der Waals surface area (Å²) < 4.78 is 9.10. The van der Waals surface area contributed by atoms with Crippen molar-refractivity contribution in [2.45, 2.75) is 13.0 Å². The number of carbonyl (C=O) groups excluding carboxylic acids is 1. The van der Waals surface area contributed by atoms with Gasteiger partial charge in [-0.25, -0.2) is 0 Å². The van der Waals surface area contributed by atoms with E-state index in [-0.39, 0.29) is 20.0 Å². The molecular weight excluding hydrogens is 152 g/mol. The minimum atomic E-state index is -0.672. The number of aliphatic hydroxyl groups excluding tert-OH is 2. The predicted octanol–water partition coefficient (Wildman–Crippen LogP) is -1.12. The van der Waals surface area contributed by atoms with Gasteiger partial charge in [-0.1, -0.05) is 0 Å². The number of hydrogen-bond donors (Lipinski definition) is 2. The average molecular weight is 164 g/mol. The lowest BCUT2D eigenvalue weighted by atomic mass is 10.4. The molecule has 11 heavy (non-hydrogen) atoms. The fourth-order valence-electron chi connectivity index (χ4n) is 0.376. The van der Waals surface area contributed by atoms with Crippen molar-refractivity contribution in [3.63, 3.8) is 0 Å². The Morgan fingerprint density at radius 3 is 2.36 bits per heavy atom. The van der Waals surface area contributed by atoms with Crippen LogP contribution in [0.1, 0.15) is 6.92 Å². The standard InChI is InChI=1S/C6H12O5/c1-5(9)10-4-11-6(2-7)3-8/h6-8H,2-4H2,1H3. The smallest absolute Gasteiger partial charge is 0.304 e. The van der Waals surface area contributed by atoms with E-state index in [0.29, 0.717) is 0 Å². The highest BCUT2D eigenvalue weighted by Gasteiger charge is 2.05. The van der Waals surface area contributed by atoms with E-state index in [0.717, 1.165) is 0 Å². The number of hydrogen-bond acceptors (Lipinski definition) is 5. The van der Waals surface area contributed by atoms with Gasteiger partial charge in [0.25, 0.3) is 0 Å². The van der Waals surface area contributed by atoms with Gasteiger partial charge in [-0.2, -0.15) is 0 Å². The van der Waals surface area contributed by atoms with Crippen molar-refractivity contribution in [3.8, 4) is 0 Å². The molecule has 0 spiro atoms. The van der Waals surface area contributed by atoms with Crippen LogP contribution in [-0.4, -0.2) is 42.3 Å². The Morgan fingerprint density at radius 1 is 1.45 bits per heavy atom. The summed E-state index contributed by atoms with van der Waals surface area (Å²) in [5.41, 5.74) is 0. The Morgan fingerprint density at radius 2 is 2.00 bits per heavy atom. The maximum Gasteiger partial charge on any atom is 0.304 e. The van der Waals surface area contributed by atoms with Crippen LogP contribution in [0.15, 0.2) is 0 Å². The van der Waals surface area contributed by atoms with Crippen LogP contribution in [0.3, 0.4) is 0 Å². The van der Waals surface area contributed by atoms with Gasteiger partial charge in [0.1, 0.15) is 6.10 Å². The molecule has 0 fully saturated rings. The van der Waals surface area contributed by atoms with Gasteiger partial charge in [-0.3, -0.25) is 4.79 Å². The molecule has 0 rings (SSSR count). The summed E-state index contributed by atoms with van der Waals surface area (Å²) >= 11 is 0. The first kappa shape index (κ1) is 10.3. The van der Waals surface area contributed by atoms with Crippen LogP contribution in [0.25, 0.3) is 0 Å². The summed E-state index contributed by atoms with van der Waals surface area (Å²) in [5.74, 6) is -0.459. The zero-order valence-electron chi connectivity index (χ0n) is 6.32. The van der Waals surface area contributed by atoms with E-state index in [9.17, 15) is 4.79 Å². The van der Waals surface area contributed by atoms with Crippen LogP contribution in [0, 0.1) is 0 Å². The first-order valence-corrected chi connectivity index (χ1v) is 3.17. The van der Waals surface area contributed by atoms with E-state index in [1.165, 1.54) is 6.92 Å². The molecule has 5 nitrogen and oxygen atoms in total. The largest absolute Gasteiger partial charge is 0.439 e. The SMILES string of the molecule is CC(=O)OCOC(CO)CO. The molecule has 0 heterocycles. The average Bonchev–Trinajstić information content (AvgIpc) is 1.98. The van der Waals surface area contributed by atoms with Crippen molar-refractivity contribution < 1.29 is 24.5 Å². The molecule has 2 N–H and O–H groups in total. The summed E-state index contributed by atoms with van der Waals surface area (Å²) in [6.07, 6.45) is -0.672. The molecule has 0 radical (unpaired) electrons. The van der Waals surface area contributed by atoms with Crippen LogP contribution in [0.5, 0.6) is 0 Å². The maximum atomic E-state index is 10.2. The molecule has 66 valence electrons. The van der Waals surface area contributed by atoms with Crippen molar-refractivity contribution in [2.75, 3.05) is 20.0 Å². The first-order valence-electron chi connectivity index (χ1n) is 3.17. The fraction of sp³-hybridized carbons (Fsp3) is 0.833. The summed E-state index contributed by atoms with van der Waals surface area (Å²) in [4.78, 5) is 10.2. The van der Waals surface area contributed by atoms with Crippen molar-refractivity contribution >= 4 is 5.97 Å². The Bertz CT molecular complexity index is 110. The van der Waals surface area contributed by atoms with E-state index >= 15 is 0 Å². The number of rotatable bonds is 5. The van der Waals surface area contributed by atoms with E-state index in [1.807, 2.05) is 0 Å². The zero-order chi connectivity index (χ0) is 8.69. The van der Waals surface area contributed by atoms with Crippen LogP contribution in [0.2, 0.25) is 0 Å².